The Morgan fingerprint density at radius 2 is 1.94 bits per heavy atom. The van der Waals surface area contributed by atoms with Gasteiger partial charge in [-0.15, -0.1) is 0 Å². The summed E-state index contributed by atoms with van der Waals surface area (Å²) in [5.41, 5.74) is -0.521. The maximum atomic E-state index is 12.7. The van der Waals surface area contributed by atoms with E-state index >= 15 is 0 Å². The van der Waals surface area contributed by atoms with Crippen LogP contribution in [0.15, 0.2) is 6.20 Å². The number of aliphatic hydroxyl groups excluding tert-OH is 2. The molecule has 1 aromatic rings. The van der Waals surface area contributed by atoms with E-state index < -0.39 is 43.1 Å². The Labute approximate surface area is 192 Å². The van der Waals surface area contributed by atoms with Gasteiger partial charge in [0.1, 0.15) is 12.2 Å². The quantitative estimate of drug-likeness (QED) is 0.234. The number of hydrogen-bond donors (Lipinski definition) is 6. The molecule has 0 radical (unpaired) electrons. The summed E-state index contributed by atoms with van der Waals surface area (Å²) < 4.78 is 25.9. The van der Waals surface area contributed by atoms with Crippen LogP contribution in [0.4, 0.5) is 11.5 Å². The summed E-state index contributed by atoms with van der Waals surface area (Å²) >= 11 is 5.35. The molecule has 0 amide bonds. The van der Waals surface area contributed by atoms with Gasteiger partial charge in [-0.2, -0.15) is 0 Å². The first-order chi connectivity index (χ1) is 14.7. The van der Waals surface area contributed by atoms with Crippen LogP contribution in [0.5, 0.6) is 0 Å². The molecule has 0 spiro atoms. The van der Waals surface area contributed by atoms with Gasteiger partial charge in [0.25, 0.3) is 0 Å². The normalized spacial score (nSPS) is 32.8. The molecule has 0 aromatic carbocycles. The minimum absolute atomic E-state index is 0.00506. The summed E-state index contributed by atoms with van der Waals surface area (Å²) in [4.78, 5) is 14.7. The van der Waals surface area contributed by atoms with Gasteiger partial charge < -0.3 is 40.1 Å². The highest BCUT2D eigenvalue weighted by Gasteiger charge is 2.50. The van der Waals surface area contributed by atoms with Gasteiger partial charge >= 0.3 is 7.60 Å². The van der Waals surface area contributed by atoms with Crippen LogP contribution in [0.25, 0.3) is 0 Å². The minimum atomic E-state index is -4.41. The summed E-state index contributed by atoms with van der Waals surface area (Å²) in [6.45, 7) is 8.11. The molecule has 1 aromatic heterocycles. The lowest BCUT2D eigenvalue weighted by atomic mass is 9.93. The van der Waals surface area contributed by atoms with Gasteiger partial charge in [-0.1, -0.05) is 13.8 Å². The molecule has 182 valence electrons. The van der Waals surface area contributed by atoms with Crippen LogP contribution < -0.4 is 10.6 Å². The Balaban J connectivity index is 1.81. The third-order valence-corrected chi connectivity index (χ3v) is 8.82. The van der Waals surface area contributed by atoms with Crippen molar-refractivity contribution in [3.63, 3.8) is 0 Å². The first kappa shape index (κ1) is 25.5. The molecule has 3 heterocycles. The Bertz CT molecular complexity index is 960. The van der Waals surface area contributed by atoms with Crippen LogP contribution in [-0.2, 0) is 13.8 Å². The van der Waals surface area contributed by atoms with Crippen molar-refractivity contribution >= 4 is 31.3 Å². The van der Waals surface area contributed by atoms with Crippen LogP contribution in [0.3, 0.4) is 0 Å². The second-order valence-corrected chi connectivity index (χ2v) is 11.5. The molecule has 0 bridgehead atoms. The van der Waals surface area contributed by atoms with Crippen molar-refractivity contribution < 1.29 is 34.0 Å². The van der Waals surface area contributed by atoms with E-state index in [9.17, 15) is 24.8 Å². The number of hydrogen-bond acceptors (Lipinski definition) is 10. The van der Waals surface area contributed by atoms with Crippen LogP contribution in [-0.4, -0.2) is 65.2 Å². The highest BCUT2D eigenvalue weighted by Crippen LogP contribution is 2.59. The SMILES string of the molecule is CCC(C)(CC1OC(n2cc3c(nc2=S)NC(C)N3)C(O)C1O)OP(=O)(O)C(C)(O)CC. The molecule has 13 heteroatoms. The highest BCUT2D eigenvalue weighted by molar-refractivity contribution is 7.71. The van der Waals surface area contributed by atoms with Crippen molar-refractivity contribution in [3.8, 4) is 0 Å². The molecule has 32 heavy (non-hydrogen) atoms. The van der Waals surface area contributed by atoms with Gasteiger partial charge in [0, 0.05) is 12.6 Å². The molecule has 8 unspecified atom stereocenters. The second-order valence-electron chi connectivity index (χ2n) is 8.94. The van der Waals surface area contributed by atoms with Gasteiger partial charge in [0.05, 0.1) is 23.6 Å². The summed E-state index contributed by atoms with van der Waals surface area (Å²) in [6, 6.07) is 0. The molecule has 1 fully saturated rings. The van der Waals surface area contributed by atoms with Gasteiger partial charge in [-0.05, 0) is 45.8 Å². The summed E-state index contributed by atoms with van der Waals surface area (Å²) in [5.74, 6) is 0.594. The van der Waals surface area contributed by atoms with Crippen molar-refractivity contribution in [2.45, 2.75) is 95.5 Å². The highest BCUT2D eigenvalue weighted by atomic mass is 32.1. The predicted octanol–water partition coefficient (Wildman–Crippen LogP) is 2.29. The number of nitrogens with one attached hydrogen (secondary N) is 2. The zero-order valence-electron chi connectivity index (χ0n) is 18.8. The molecule has 8 atom stereocenters. The molecule has 2 aliphatic heterocycles. The molecule has 1 saturated heterocycles. The van der Waals surface area contributed by atoms with Crippen molar-refractivity contribution in [2.24, 2.45) is 0 Å². The molecule has 2 aliphatic rings. The number of aliphatic hydroxyl groups is 3. The molecule has 11 nitrogen and oxygen atoms in total. The van der Waals surface area contributed by atoms with Crippen molar-refractivity contribution in [1.29, 1.82) is 0 Å². The summed E-state index contributed by atoms with van der Waals surface area (Å²) in [6.07, 6.45) is -2.55. The number of nitrogens with zero attached hydrogens (tertiary/aromatic N) is 2. The van der Waals surface area contributed by atoms with Crippen LogP contribution in [0.2, 0.25) is 0 Å². The average Bonchev–Trinajstić information content (AvgIpc) is 3.19. The fraction of sp³-hybridized carbons (Fsp3) is 0.789. The van der Waals surface area contributed by atoms with Crippen LogP contribution >= 0.6 is 19.8 Å². The third-order valence-electron chi connectivity index (χ3n) is 6.29. The fourth-order valence-electron chi connectivity index (χ4n) is 3.74. The lowest BCUT2D eigenvalue weighted by molar-refractivity contribution is -0.0707. The second kappa shape index (κ2) is 8.92. The topological polar surface area (TPSA) is 158 Å². The summed E-state index contributed by atoms with van der Waals surface area (Å²) in [5, 5.41) is 36.0. The van der Waals surface area contributed by atoms with E-state index in [1.165, 1.54) is 11.5 Å². The number of ether oxygens (including phenoxy) is 1. The lowest BCUT2D eigenvalue weighted by Crippen LogP contribution is -2.40. The molecule has 0 saturated carbocycles. The van der Waals surface area contributed by atoms with Crippen molar-refractivity contribution in [3.05, 3.63) is 11.0 Å². The minimum Gasteiger partial charge on any atom is -0.388 e. The van der Waals surface area contributed by atoms with Crippen molar-refractivity contribution in [1.82, 2.24) is 9.55 Å². The zero-order chi connectivity index (χ0) is 24.1. The standard InChI is InChI=1S/C19H33N4O7PS/c1-6-18(4,30-31(27,28)19(5,26)7-2)8-12-13(24)14(25)16(29-12)23-9-11-15(22-17(23)32)21-10(3)20-11/h9-10,12-14,16,20,24-26H,6-8H2,1-5H3,(H,27,28)(H,21,22,32). The monoisotopic (exact) mass is 492 g/mol. The van der Waals surface area contributed by atoms with E-state index in [4.69, 9.17) is 21.5 Å². The van der Waals surface area contributed by atoms with E-state index in [0.29, 0.717) is 17.9 Å². The van der Waals surface area contributed by atoms with Crippen LogP contribution in [0.1, 0.15) is 60.1 Å². The van der Waals surface area contributed by atoms with Gasteiger partial charge in [-0.3, -0.25) is 9.13 Å². The van der Waals surface area contributed by atoms with Gasteiger partial charge in [-0.25, -0.2) is 4.98 Å². The molecule has 3 rings (SSSR count). The van der Waals surface area contributed by atoms with E-state index in [0.717, 1.165) is 0 Å². The van der Waals surface area contributed by atoms with Gasteiger partial charge in [0.2, 0.25) is 4.77 Å². The van der Waals surface area contributed by atoms with Crippen molar-refractivity contribution in [2.75, 3.05) is 10.6 Å². The average molecular weight is 493 g/mol. The van der Waals surface area contributed by atoms with E-state index in [-0.39, 0.29) is 23.8 Å². The predicted molar refractivity (Wildman–Crippen MR) is 121 cm³/mol. The van der Waals surface area contributed by atoms with E-state index in [2.05, 4.69) is 15.6 Å². The maximum absolute atomic E-state index is 12.7. The Hall–Kier alpha value is -1.11. The number of anilines is 2. The molecular formula is C19H33N4O7PS. The smallest absolute Gasteiger partial charge is 0.359 e. The third kappa shape index (κ3) is 4.74. The largest absolute Gasteiger partial charge is 0.388 e. The fourth-order valence-corrected chi connectivity index (χ4v) is 5.38. The van der Waals surface area contributed by atoms with E-state index in [1.54, 1.807) is 27.0 Å². The van der Waals surface area contributed by atoms with Gasteiger partial charge in [0.15, 0.2) is 17.4 Å². The van der Waals surface area contributed by atoms with E-state index in [1.807, 2.05) is 6.92 Å². The first-order valence-corrected chi connectivity index (χ1v) is 12.7. The Morgan fingerprint density at radius 3 is 2.53 bits per heavy atom. The number of aromatic nitrogens is 2. The summed E-state index contributed by atoms with van der Waals surface area (Å²) in [7, 11) is -4.41. The van der Waals surface area contributed by atoms with Crippen LogP contribution in [0, 0.1) is 4.77 Å². The lowest BCUT2D eigenvalue weighted by Gasteiger charge is -2.37. The number of fused-ring (bicyclic) bond motifs is 1. The zero-order valence-corrected chi connectivity index (χ0v) is 20.6. The molecule has 6 N–H and O–H groups in total. The molecule has 0 aliphatic carbocycles. The molecular weight excluding hydrogens is 459 g/mol. The Kier molecular flexibility index (Phi) is 7.11. The maximum Gasteiger partial charge on any atom is 0.359 e. The Morgan fingerprint density at radius 1 is 1.28 bits per heavy atom. The number of rotatable bonds is 8. The first-order valence-electron chi connectivity index (χ1n) is 10.7.